The number of nitriles is 1. The van der Waals surface area contributed by atoms with Gasteiger partial charge in [0.25, 0.3) is 5.91 Å². The molecular weight excluding hydrogens is 264 g/mol. The highest BCUT2D eigenvalue weighted by Crippen LogP contribution is 2.13. The molecule has 4 nitrogen and oxygen atoms in total. The summed E-state index contributed by atoms with van der Waals surface area (Å²) in [6.07, 6.45) is 0. The van der Waals surface area contributed by atoms with Gasteiger partial charge in [-0.1, -0.05) is 0 Å². The molecule has 0 bridgehead atoms. The molecule has 0 radical (unpaired) electrons. The zero-order valence-corrected chi connectivity index (χ0v) is 11.1. The van der Waals surface area contributed by atoms with Crippen LogP contribution in [-0.2, 0) is 0 Å². The first-order valence-corrected chi connectivity index (χ1v) is 6.40. The van der Waals surface area contributed by atoms with Gasteiger partial charge in [0.1, 0.15) is 11.6 Å². The molecule has 1 heterocycles. The zero-order chi connectivity index (χ0) is 14.7. The van der Waals surface area contributed by atoms with Crippen LogP contribution in [0.25, 0.3) is 0 Å². The van der Waals surface area contributed by atoms with Crippen LogP contribution < -0.4 is 0 Å². The van der Waals surface area contributed by atoms with E-state index in [1.807, 2.05) is 4.90 Å². The first-order valence-electron chi connectivity index (χ1n) is 6.40. The SMILES string of the molecule is CC(C#N)N1CCN(C(=O)c2cc(F)cc(F)c2)CC1. The van der Waals surface area contributed by atoms with Crippen molar-refractivity contribution < 1.29 is 13.6 Å². The Morgan fingerprint density at radius 1 is 1.20 bits per heavy atom. The third kappa shape index (κ3) is 3.11. The molecule has 1 saturated heterocycles. The van der Waals surface area contributed by atoms with Crippen molar-refractivity contribution in [3.8, 4) is 6.07 Å². The molecule has 106 valence electrons. The predicted octanol–water partition coefficient (Wildman–Crippen LogP) is 1.63. The van der Waals surface area contributed by atoms with Crippen molar-refractivity contribution in [2.75, 3.05) is 26.2 Å². The summed E-state index contributed by atoms with van der Waals surface area (Å²) in [5.41, 5.74) is 0.0179. The molecule has 1 aromatic rings. The van der Waals surface area contributed by atoms with Crippen molar-refractivity contribution in [3.63, 3.8) is 0 Å². The lowest BCUT2D eigenvalue weighted by atomic mass is 10.1. The lowest BCUT2D eigenvalue weighted by Gasteiger charge is -2.35. The third-order valence-corrected chi connectivity index (χ3v) is 3.45. The number of carbonyl (C=O) groups excluding carboxylic acids is 1. The van der Waals surface area contributed by atoms with Gasteiger partial charge in [-0.15, -0.1) is 0 Å². The summed E-state index contributed by atoms with van der Waals surface area (Å²) in [5, 5.41) is 8.85. The van der Waals surface area contributed by atoms with Gasteiger partial charge in [-0.3, -0.25) is 9.69 Å². The van der Waals surface area contributed by atoms with Crippen molar-refractivity contribution in [2.45, 2.75) is 13.0 Å². The molecular formula is C14H15F2N3O. The Morgan fingerprint density at radius 3 is 2.25 bits per heavy atom. The molecule has 1 aliphatic rings. The predicted molar refractivity (Wildman–Crippen MR) is 68.9 cm³/mol. The number of hydrogen-bond acceptors (Lipinski definition) is 3. The minimum atomic E-state index is -0.759. The monoisotopic (exact) mass is 279 g/mol. The normalized spacial score (nSPS) is 17.6. The largest absolute Gasteiger partial charge is 0.336 e. The van der Waals surface area contributed by atoms with Gasteiger partial charge < -0.3 is 4.90 Å². The van der Waals surface area contributed by atoms with E-state index in [2.05, 4.69) is 6.07 Å². The highest BCUT2D eigenvalue weighted by atomic mass is 19.1. The Morgan fingerprint density at radius 2 is 1.75 bits per heavy atom. The molecule has 1 atom stereocenters. The Balaban J connectivity index is 2.03. The van der Waals surface area contributed by atoms with E-state index in [-0.39, 0.29) is 17.5 Å². The van der Waals surface area contributed by atoms with Crippen LogP contribution in [0.15, 0.2) is 18.2 Å². The molecule has 20 heavy (non-hydrogen) atoms. The fourth-order valence-electron chi connectivity index (χ4n) is 2.25. The standard InChI is InChI=1S/C14H15F2N3O/c1-10(9-17)18-2-4-19(5-3-18)14(20)11-6-12(15)8-13(16)7-11/h6-8,10H,2-5H2,1H3. The molecule has 1 aromatic carbocycles. The second kappa shape index (κ2) is 5.97. The second-order valence-electron chi connectivity index (χ2n) is 4.79. The second-order valence-corrected chi connectivity index (χ2v) is 4.79. The fourth-order valence-corrected chi connectivity index (χ4v) is 2.25. The number of hydrogen-bond donors (Lipinski definition) is 0. The number of amides is 1. The maximum Gasteiger partial charge on any atom is 0.254 e. The molecule has 1 amide bonds. The molecule has 1 fully saturated rings. The Hall–Kier alpha value is -2.00. The number of piperazine rings is 1. The molecule has 1 unspecified atom stereocenters. The Bertz CT molecular complexity index is 528. The summed E-state index contributed by atoms with van der Waals surface area (Å²) in [7, 11) is 0. The van der Waals surface area contributed by atoms with Crippen molar-refractivity contribution in [1.82, 2.24) is 9.80 Å². The van der Waals surface area contributed by atoms with Crippen molar-refractivity contribution in [1.29, 1.82) is 5.26 Å². The molecule has 0 spiro atoms. The van der Waals surface area contributed by atoms with Gasteiger partial charge in [-0.25, -0.2) is 8.78 Å². The summed E-state index contributed by atoms with van der Waals surface area (Å²) in [4.78, 5) is 15.7. The highest BCUT2D eigenvalue weighted by Gasteiger charge is 2.25. The van der Waals surface area contributed by atoms with Gasteiger partial charge in [0.05, 0.1) is 12.1 Å². The van der Waals surface area contributed by atoms with Gasteiger partial charge in [0.2, 0.25) is 0 Å². The van der Waals surface area contributed by atoms with E-state index in [9.17, 15) is 13.6 Å². The van der Waals surface area contributed by atoms with Crippen LogP contribution in [-0.4, -0.2) is 47.9 Å². The van der Waals surface area contributed by atoms with E-state index in [4.69, 9.17) is 5.26 Å². The van der Waals surface area contributed by atoms with Crippen LogP contribution in [0.2, 0.25) is 0 Å². The lowest BCUT2D eigenvalue weighted by Crippen LogP contribution is -2.51. The lowest BCUT2D eigenvalue weighted by molar-refractivity contribution is 0.0614. The molecule has 0 aromatic heterocycles. The fraction of sp³-hybridized carbons (Fsp3) is 0.429. The summed E-state index contributed by atoms with van der Waals surface area (Å²) in [5.74, 6) is -1.90. The van der Waals surface area contributed by atoms with Crippen LogP contribution >= 0.6 is 0 Å². The average Bonchev–Trinajstić information content (AvgIpc) is 2.45. The minimum Gasteiger partial charge on any atom is -0.336 e. The van der Waals surface area contributed by atoms with Crippen LogP contribution in [0, 0.1) is 23.0 Å². The van der Waals surface area contributed by atoms with Crippen LogP contribution in [0.3, 0.4) is 0 Å². The summed E-state index contributed by atoms with van der Waals surface area (Å²) in [6.45, 7) is 3.86. The van der Waals surface area contributed by atoms with E-state index in [0.717, 1.165) is 18.2 Å². The van der Waals surface area contributed by atoms with Gasteiger partial charge in [0.15, 0.2) is 0 Å². The maximum absolute atomic E-state index is 13.1. The van der Waals surface area contributed by atoms with Crippen LogP contribution in [0.4, 0.5) is 8.78 Å². The minimum absolute atomic E-state index is 0.0179. The Kier molecular flexibility index (Phi) is 4.30. The van der Waals surface area contributed by atoms with Crippen molar-refractivity contribution in [3.05, 3.63) is 35.4 Å². The van der Waals surface area contributed by atoms with Gasteiger partial charge in [-0.2, -0.15) is 5.26 Å². The van der Waals surface area contributed by atoms with E-state index >= 15 is 0 Å². The number of halogens is 2. The molecule has 2 rings (SSSR count). The number of benzene rings is 1. The molecule has 1 aliphatic heterocycles. The van der Waals surface area contributed by atoms with Gasteiger partial charge in [0, 0.05) is 37.8 Å². The molecule has 0 aliphatic carbocycles. The highest BCUT2D eigenvalue weighted by molar-refractivity contribution is 5.94. The first kappa shape index (κ1) is 14.4. The number of nitrogens with zero attached hydrogens (tertiary/aromatic N) is 3. The summed E-state index contributed by atoms with van der Waals surface area (Å²) < 4.78 is 26.2. The first-order chi connectivity index (χ1) is 9.51. The van der Waals surface area contributed by atoms with E-state index in [1.54, 1.807) is 11.8 Å². The van der Waals surface area contributed by atoms with Crippen LogP contribution in [0.1, 0.15) is 17.3 Å². The topological polar surface area (TPSA) is 47.3 Å². The third-order valence-electron chi connectivity index (χ3n) is 3.45. The number of rotatable bonds is 2. The van der Waals surface area contributed by atoms with Gasteiger partial charge >= 0.3 is 0 Å². The van der Waals surface area contributed by atoms with E-state index < -0.39 is 11.6 Å². The smallest absolute Gasteiger partial charge is 0.254 e. The zero-order valence-electron chi connectivity index (χ0n) is 11.1. The van der Waals surface area contributed by atoms with E-state index in [1.165, 1.54) is 0 Å². The van der Waals surface area contributed by atoms with Crippen LogP contribution in [0.5, 0.6) is 0 Å². The van der Waals surface area contributed by atoms with Crippen molar-refractivity contribution in [2.24, 2.45) is 0 Å². The number of carbonyl (C=O) groups is 1. The molecule has 0 N–H and O–H groups in total. The molecule has 6 heteroatoms. The maximum atomic E-state index is 13.1. The summed E-state index contributed by atoms with van der Waals surface area (Å²) in [6, 6.07) is 4.77. The summed E-state index contributed by atoms with van der Waals surface area (Å²) >= 11 is 0. The quantitative estimate of drug-likeness (QED) is 0.826. The van der Waals surface area contributed by atoms with Gasteiger partial charge in [-0.05, 0) is 19.1 Å². The Labute approximate surface area is 116 Å². The molecule has 0 saturated carbocycles. The van der Waals surface area contributed by atoms with E-state index in [0.29, 0.717) is 26.2 Å². The van der Waals surface area contributed by atoms with Crippen molar-refractivity contribution >= 4 is 5.91 Å². The average molecular weight is 279 g/mol.